The first-order chi connectivity index (χ1) is 9.20. The van der Waals surface area contributed by atoms with E-state index < -0.39 is 5.97 Å². The van der Waals surface area contributed by atoms with E-state index in [1.165, 1.54) is 6.08 Å². The highest BCUT2D eigenvalue weighted by atomic mass is 16.6. The lowest BCUT2D eigenvalue weighted by Gasteiger charge is -2.04. The fourth-order valence-electron chi connectivity index (χ4n) is 1.29. The van der Waals surface area contributed by atoms with Gasteiger partial charge in [0.2, 0.25) is 6.08 Å². The van der Waals surface area contributed by atoms with Gasteiger partial charge in [-0.15, -0.1) is 0 Å². The van der Waals surface area contributed by atoms with Crippen LogP contribution in [0.2, 0.25) is 0 Å². The molecular formula is C13H19NO5. The first-order valence-electron chi connectivity index (χ1n) is 6.19. The third-order valence-corrected chi connectivity index (χ3v) is 2.22. The second-order valence-electron chi connectivity index (χ2n) is 3.73. The molecule has 106 valence electrons. The van der Waals surface area contributed by atoms with E-state index in [0.29, 0.717) is 13.0 Å². The van der Waals surface area contributed by atoms with Crippen molar-refractivity contribution in [3.05, 3.63) is 12.7 Å². The largest absolute Gasteiger partial charge is 0.462 e. The minimum atomic E-state index is -0.533. The van der Waals surface area contributed by atoms with Crippen LogP contribution in [0.25, 0.3) is 0 Å². The first-order valence-corrected chi connectivity index (χ1v) is 6.19. The quantitative estimate of drug-likeness (QED) is 0.187. The van der Waals surface area contributed by atoms with E-state index in [2.05, 4.69) is 16.3 Å². The maximum atomic E-state index is 11.2. The highest BCUT2D eigenvalue weighted by Gasteiger charge is 2.03. The Kier molecular flexibility index (Phi) is 11.2. The predicted molar refractivity (Wildman–Crippen MR) is 68.2 cm³/mol. The van der Waals surface area contributed by atoms with Gasteiger partial charge in [0, 0.05) is 12.5 Å². The zero-order chi connectivity index (χ0) is 14.3. The van der Waals surface area contributed by atoms with Crippen molar-refractivity contribution in [1.29, 1.82) is 0 Å². The number of isocyanates is 1. The molecule has 0 aliphatic heterocycles. The smallest absolute Gasteiger partial charge is 0.330 e. The van der Waals surface area contributed by atoms with Gasteiger partial charge in [-0.3, -0.25) is 4.79 Å². The summed E-state index contributed by atoms with van der Waals surface area (Å²) < 4.78 is 9.51. The molecule has 19 heavy (non-hydrogen) atoms. The summed E-state index contributed by atoms with van der Waals surface area (Å²) in [5.74, 6) is -0.838. The molecule has 6 nitrogen and oxygen atoms in total. The highest BCUT2D eigenvalue weighted by Crippen LogP contribution is 2.04. The summed E-state index contributed by atoms with van der Waals surface area (Å²) in [5.41, 5.74) is 0. The number of hydrogen-bond acceptors (Lipinski definition) is 6. The van der Waals surface area contributed by atoms with E-state index in [0.717, 1.165) is 31.8 Å². The van der Waals surface area contributed by atoms with Crippen molar-refractivity contribution < 1.29 is 23.9 Å². The van der Waals surface area contributed by atoms with E-state index in [1.54, 1.807) is 0 Å². The van der Waals surface area contributed by atoms with Crippen molar-refractivity contribution in [2.45, 2.75) is 32.1 Å². The maximum Gasteiger partial charge on any atom is 0.330 e. The fraction of sp³-hybridized carbons (Fsp3) is 0.615. The van der Waals surface area contributed by atoms with Gasteiger partial charge in [0.05, 0.1) is 6.54 Å². The van der Waals surface area contributed by atoms with Gasteiger partial charge in [0.1, 0.15) is 13.2 Å². The Labute approximate surface area is 112 Å². The van der Waals surface area contributed by atoms with Crippen molar-refractivity contribution in [3.63, 3.8) is 0 Å². The van der Waals surface area contributed by atoms with Crippen LogP contribution >= 0.6 is 0 Å². The van der Waals surface area contributed by atoms with E-state index >= 15 is 0 Å². The molecule has 0 heterocycles. The summed E-state index contributed by atoms with van der Waals surface area (Å²) in [5, 5.41) is 0. The second-order valence-corrected chi connectivity index (χ2v) is 3.73. The molecule has 6 heteroatoms. The van der Waals surface area contributed by atoms with Gasteiger partial charge in [-0.2, -0.15) is 0 Å². The third-order valence-electron chi connectivity index (χ3n) is 2.22. The molecule has 0 aromatic carbocycles. The van der Waals surface area contributed by atoms with Crippen LogP contribution in [-0.4, -0.2) is 37.8 Å². The Balaban J connectivity index is 3.32. The van der Waals surface area contributed by atoms with Crippen LogP contribution in [0.4, 0.5) is 0 Å². The number of carbonyl (C=O) groups excluding carboxylic acids is 3. The van der Waals surface area contributed by atoms with Gasteiger partial charge < -0.3 is 9.47 Å². The van der Waals surface area contributed by atoms with Gasteiger partial charge in [-0.1, -0.05) is 19.4 Å². The molecule has 0 saturated heterocycles. The fourth-order valence-corrected chi connectivity index (χ4v) is 1.29. The summed E-state index contributed by atoms with van der Waals surface area (Å²) in [6, 6.07) is 0. The van der Waals surface area contributed by atoms with E-state index in [1.807, 2.05) is 0 Å². The van der Waals surface area contributed by atoms with Gasteiger partial charge in [-0.05, 0) is 12.8 Å². The summed E-state index contributed by atoms with van der Waals surface area (Å²) in [6.45, 7) is 3.83. The Morgan fingerprint density at radius 1 is 1.11 bits per heavy atom. The Bertz CT molecular complexity index is 334. The lowest BCUT2D eigenvalue weighted by atomic mass is 10.1. The second kappa shape index (κ2) is 12.5. The van der Waals surface area contributed by atoms with Crippen LogP contribution in [0.5, 0.6) is 0 Å². The Morgan fingerprint density at radius 2 is 1.79 bits per heavy atom. The number of nitrogens with zero attached hydrogens (tertiary/aromatic N) is 1. The van der Waals surface area contributed by atoms with Crippen molar-refractivity contribution in [1.82, 2.24) is 0 Å². The molecule has 0 atom stereocenters. The molecule has 0 aliphatic carbocycles. The standard InChI is InChI=1S/C13H19NO5/c1-2-12(16)18-9-10-19-13(17)7-5-3-4-6-8-14-11-15/h2H,1,3-10H2. The molecule has 0 aromatic heterocycles. The van der Waals surface area contributed by atoms with Gasteiger partial charge in [0.25, 0.3) is 0 Å². The molecule has 0 rings (SSSR count). The van der Waals surface area contributed by atoms with Gasteiger partial charge in [-0.25, -0.2) is 14.6 Å². The molecule has 0 aliphatic rings. The van der Waals surface area contributed by atoms with E-state index in [-0.39, 0.29) is 19.2 Å². The molecule has 0 radical (unpaired) electrons. The van der Waals surface area contributed by atoms with Crippen LogP contribution in [0.1, 0.15) is 32.1 Å². The van der Waals surface area contributed by atoms with Gasteiger partial charge in [0.15, 0.2) is 0 Å². The van der Waals surface area contributed by atoms with Crippen molar-refractivity contribution >= 4 is 18.0 Å². The minimum Gasteiger partial charge on any atom is -0.462 e. The number of ether oxygens (including phenoxy) is 2. The van der Waals surface area contributed by atoms with Crippen LogP contribution in [0, 0.1) is 0 Å². The number of carbonyl (C=O) groups is 2. The molecule has 0 unspecified atom stereocenters. The average Bonchev–Trinajstić information content (AvgIpc) is 2.42. The normalized spacial score (nSPS) is 9.26. The van der Waals surface area contributed by atoms with E-state index in [9.17, 15) is 14.4 Å². The molecule has 0 fully saturated rings. The van der Waals surface area contributed by atoms with Gasteiger partial charge >= 0.3 is 11.9 Å². The monoisotopic (exact) mass is 269 g/mol. The average molecular weight is 269 g/mol. The maximum absolute atomic E-state index is 11.2. The topological polar surface area (TPSA) is 82.0 Å². The molecule has 0 N–H and O–H groups in total. The number of hydrogen-bond donors (Lipinski definition) is 0. The molecule has 0 spiro atoms. The predicted octanol–water partition coefficient (Wildman–Crippen LogP) is 1.55. The lowest BCUT2D eigenvalue weighted by molar-refractivity contribution is -0.149. The van der Waals surface area contributed by atoms with Crippen LogP contribution in [0.15, 0.2) is 17.6 Å². The molecule has 0 saturated carbocycles. The van der Waals surface area contributed by atoms with Crippen molar-refractivity contribution in [3.8, 4) is 0 Å². The van der Waals surface area contributed by atoms with Crippen LogP contribution in [-0.2, 0) is 23.9 Å². The first kappa shape index (κ1) is 17.1. The summed E-state index contributed by atoms with van der Waals surface area (Å²) >= 11 is 0. The van der Waals surface area contributed by atoms with Crippen LogP contribution < -0.4 is 0 Å². The third kappa shape index (κ3) is 12.3. The molecular weight excluding hydrogens is 250 g/mol. The summed E-state index contributed by atoms with van der Waals surface area (Å²) in [7, 11) is 0. The van der Waals surface area contributed by atoms with Crippen molar-refractivity contribution in [2.75, 3.05) is 19.8 Å². The highest BCUT2D eigenvalue weighted by molar-refractivity contribution is 5.81. The minimum absolute atomic E-state index is 0.0420. The van der Waals surface area contributed by atoms with Crippen LogP contribution in [0.3, 0.4) is 0 Å². The Morgan fingerprint density at radius 3 is 2.47 bits per heavy atom. The molecule has 0 aromatic rings. The lowest BCUT2D eigenvalue weighted by Crippen LogP contribution is -2.12. The number of rotatable bonds is 11. The zero-order valence-corrected chi connectivity index (χ0v) is 10.9. The number of esters is 2. The molecule has 0 amide bonds. The number of unbranched alkanes of at least 4 members (excludes halogenated alkanes) is 3. The van der Waals surface area contributed by atoms with E-state index in [4.69, 9.17) is 4.74 Å². The molecule has 0 bridgehead atoms. The Hall–Kier alpha value is -1.94. The van der Waals surface area contributed by atoms with Crippen molar-refractivity contribution in [2.24, 2.45) is 4.99 Å². The number of aliphatic imine (C=N–C) groups is 1. The summed E-state index contributed by atoms with van der Waals surface area (Å²) in [6.07, 6.45) is 6.22. The zero-order valence-electron chi connectivity index (χ0n) is 10.9. The summed E-state index contributed by atoms with van der Waals surface area (Å²) in [4.78, 5) is 35.1. The SMILES string of the molecule is C=CC(=O)OCCOC(=O)CCCCCCN=C=O.